The first-order valence-electron chi connectivity index (χ1n) is 7.39. The van der Waals surface area contributed by atoms with E-state index in [9.17, 15) is 23.1 Å². The maximum atomic E-state index is 13.3. The van der Waals surface area contributed by atoms with Crippen molar-refractivity contribution in [1.82, 2.24) is 0 Å². The van der Waals surface area contributed by atoms with E-state index in [4.69, 9.17) is 21.1 Å². The SMILES string of the molecule is Cc1ccc(Oc2cccc3c2C=C(C(=O)O)C(Cl)(C(F)(F)F)O3)cc1. The maximum Gasteiger partial charge on any atom is 0.448 e. The van der Waals surface area contributed by atoms with E-state index in [2.05, 4.69) is 0 Å². The fourth-order valence-electron chi connectivity index (χ4n) is 2.43. The topological polar surface area (TPSA) is 55.8 Å². The summed E-state index contributed by atoms with van der Waals surface area (Å²) < 4.78 is 50.5. The molecule has 1 aliphatic rings. The third kappa shape index (κ3) is 3.10. The molecule has 0 aliphatic carbocycles. The number of aliphatic carboxylic acids is 1. The zero-order valence-electron chi connectivity index (χ0n) is 13.3. The number of ether oxygens (including phenoxy) is 2. The van der Waals surface area contributed by atoms with Crippen LogP contribution in [0.5, 0.6) is 17.2 Å². The molecule has 0 radical (unpaired) electrons. The lowest BCUT2D eigenvalue weighted by molar-refractivity contribution is -0.204. The van der Waals surface area contributed by atoms with Gasteiger partial charge < -0.3 is 14.6 Å². The molecule has 2 aromatic carbocycles. The second-order valence-electron chi connectivity index (χ2n) is 5.64. The normalized spacial score (nSPS) is 19.2. The van der Waals surface area contributed by atoms with Gasteiger partial charge in [0.05, 0.1) is 5.56 Å². The molecule has 136 valence electrons. The second kappa shape index (κ2) is 6.25. The molecule has 1 heterocycles. The molecule has 1 N–H and O–H groups in total. The van der Waals surface area contributed by atoms with Gasteiger partial charge in [0, 0.05) is 0 Å². The van der Waals surface area contributed by atoms with Crippen LogP contribution in [0.2, 0.25) is 0 Å². The van der Waals surface area contributed by atoms with Crippen LogP contribution in [0.1, 0.15) is 11.1 Å². The minimum Gasteiger partial charge on any atom is -0.478 e. The van der Waals surface area contributed by atoms with Gasteiger partial charge in [-0.1, -0.05) is 35.4 Å². The van der Waals surface area contributed by atoms with E-state index < -0.39 is 22.8 Å². The number of rotatable bonds is 3. The highest BCUT2D eigenvalue weighted by molar-refractivity contribution is 6.29. The third-order valence-corrected chi connectivity index (χ3v) is 4.25. The Balaban J connectivity index is 2.09. The largest absolute Gasteiger partial charge is 0.478 e. The van der Waals surface area contributed by atoms with Gasteiger partial charge in [0.2, 0.25) is 0 Å². The van der Waals surface area contributed by atoms with Crippen molar-refractivity contribution in [3.05, 3.63) is 59.2 Å². The first-order valence-corrected chi connectivity index (χ1v) is 7.77. The number of carbonyl (C=O) groups is 1. The van der Waals surface area contributed by atoms with Gasteiger partial charge in [-0.05, 0) is 37.3 Å². The molecule has 0 amide bonds. The van der Waals surface area contributed by atoms with Gasteiger partial charge in [-0.15, -0.1) is 0 Å². The van der Waals surface area contributed by atoms with Crippen molar-refractivity contribution in [1.29, 1.82) is 0 Å². The van der Waals surface area contributed by atoms with Crippen molar-refractivity contribution in [3.8, 4) is 17.2 Å². The molecule has 1 aliphatic heterocycles. The van der Waals surface area contributed by atoms with Crippen molar-refractivity contribution in [2.75, 3.05) is 0 Å². The quantitative estimate of drug-likeness (QED) is 0.744. The molecule has 26 heavy (non-hydrogen) atoms. The number of hydrogen-bond acceptors (Lipinski definition) is 3. The first-order chi connectivity index (χ1) is 12.1. The zero-order valence-corrected chi connectivity index (χ0v) is 14.1. The summed E-state index contributed by atoms with van der Waals surface area (Å²) in [6.07, 6.45) is -4.31. The van der Waals surface area contributed by atoms with Gasteiger partial charge in [-0.3, -0.25) is 0 Å². The van der Waals surface area contributed by atoms with E-state index >= 15 is 0 Å². The van der Waals surface area contributed by atoms with Crippen LogP contribution in [0, 0.1) is 6.92 Å². The summed E-state index contributed by atoms with van der Waals surface area (Å²) in [7, 11) is 0. The lowest BCUT2D eigenvalue weighted by Gasteiger charge is -2.34. The lowest BCUT2D eigenvalue weighted by atomic mass is 10.00. The molecular formula is C18H12ClF3O4. The number of alkyl halides is 4. The Bertz CT molecular complexity index is 890. The summed E-state index contributed by atoms with van der Waals surface area (Å²) in [5.41, 5.74) is -0.0777. The summed E-state index contributed by atoms with van der Waals surface area (Å²) in [6.45, 7) is 1.89. The predicted molar refractivity (Wildman–Crippen MR) is 88.6 cm³/mol. The lowest BCUT2D eigenvalue weighted by Crippen LogP contribution is -2.50. The minimum absolute atomic E-state index is 0.0611. The molecule has 1 atom stereocenters. The maximum absolute atomic E-state index is 13.3. The van der Waals surface area contributed by atoms with E-state index in [-0.39, 0.29) is 17.1 Å². The van der Waals surface area contributed by atoms with Crippen LogP contribution in [-0.4, -0.2) is 22.3 Å². The van der Waals surface area contributed by atoms with Crippen molar-refractivity contribution in [2.24, 2.45) is 0 Å². The monoisotopic (exact) mass is 384 g/mol. The van der Waals surface area contributed by atoms with Crippen LogP contribution < -0.4 is 9.47 Å². The number of halogens is 4. The van der Waals surface area contributed by atoms with Crippen LogP contribution in [0.25, 0.3) is 6.08 Å². The van der Waals surface area contributed by atoms with Crippen molar-refractivity contribution in [2.45, 2.75) is 18.2 Å². The first kappa shape index (κ1) is 18.1. The van der Waals surface area contributed by atoms with E-state index in [0.717, 1.165) is 11.6 Å². The molecule has 3 rings (SSSR count). The van der Waals surface area contributed by atoms with Crippen LogP contribution in [0.4, 0.5) is 13.2 Å². The number of carboxylic acid groups (broad SMARTS) is 1. The summed E-state index contributed by atoms with van der Waals surface area (Å²) in [4.78, 5) is 11.4. The Morgan fingerprint density at radius 2 is 1.85 bits per heavy atom. The molecule has 0 spiro atoms. The van der Waals surface area contributed by atoms with E-state index in [1.807, 2.05) is 6.92 Å². The van der Waals surface area contributed by atoms with Crippen LogP contribution >= 0.6 is 11.6 Å². The highest BCUT2D eigenvalue weighted by Crippen LogP contribution is 2.50. The minimum atomic E-state index is -5.13. The highest BCUT2D eigenvalue weighted by Gasteiger charge is 2.62. The van der Waals surface area contributed by atoms with Crippen LogP contribution in [-0.2, 0) is 4.79 Å². The Kier molecular flexibility index (Phi) is 4.36. The van der Waals surface area contributed by atoms with Gasteiger partial charge >= 0.3 is 17.2 Å². The van der Waals surface area contributed by atoms with Gasteiger partial charge in [0.1, 0.15) is 22.8 Å². The van der Waals surface area contributed by atoms with E-state index in [1.165, 1.54) is 18.2 Å². The Morgan fingerprint density at radius 3 is 2.42 bits per heavy atom. The molecule has 2 aromatic rings. The zero-order chi connectivity index (χ0) is 19.1. The summed E-state index contributed by atoms with van der Waals surface area (Å²) >= 11 is 5.53. The standard InChI is InChI=1S/C18H12ClF3O4/c1-10-5-7-11(8-6-10)25-14-3-2-4-15-12(14)9-13(16(23)24)17(19,26-15)18(20,21)22/h2-9H,1H3,(H,23,24). The number of aryl methyl sites for hydroxylation is 1. The molecule has 8 heteroatoms. The van der Waals surface area contributed by atoms with Gasteiger partial charge in [-0.2, -0.15) is 13.2 Å². The van der Waals surface area contributed by atoms with Gasteiger partial charge in [-0.25, -0.2) is 4.79 Å². The molecule has 0 aromatic heterocycles. The van der Waals surface area contributed by atoms with E-state index in [0.29, 0.717) is 5.75 Å². The molecule has 0 bridgehead atoms. The fraction of sp³-hybridized carbons (Fsp3) is 0.167. The van der Waals surface area contributed by atoms with E-state index in [1.54, 1.807) is 24.3 Å². The molecule has 0 saturated heterocycles. The summed E-state index contributed by atoms with van der Waals surface area (Å²) in [5, 5.41) is 5.72. The number of hydrogen-bond donors (Lipinski definition) is 1. The predicted octanol–water partition coefficient (Wildman–Crippen LogP) is 5.15. The smallest absolute Gasteiger partial charge is 0.448 e. The Labute approximate surface area is 151 Å². The molecule has 0 fully saturated rings. The third-order valence-electron chi connectivity index (χ3n) is 3.76. The van der Waals surface area contributed by atoms with Crippen molar-refractivity contribution in [3.63, 3.8) is 0 Å². The average molecular weight is 385 g/mol. The number of benzene rings is 2. The number of carboxylic acids is 1. The number of fused-ring (bicyclic) bond motifs is 1. The summed E-state index contributed by atoms with van der Waals surface area (Å²) in [5.74, 6) is -1.49. The Morgan fingerprint density at radius 1 is 1.19 bits per heavy atom. The molecular weight excluding hydrogens is 373 g/mol. The summed E-state index contributed by atoms with van der Waals surface area (Å²) in [6, 6.07) is 11.1. The molecule has 0 saturated carbocycles. The van der Waals surface area contributed by atoms with Crippen molar-refractivity contribution < 1.29 is 32.5 Å². The molecule has 4 nitrogen and oxygen atoms in total. The van der Waals surface area contributed by atoms with Gasteiger partial charge in [0.25, 0.3) is 0 Å². The van der Waals surface area contributed by atoms with Crippen LogP contribution in [0.15, 0.2) is 48.0 Å². The van der Waals surface area contributed by atoms with Gasteiger partial charge in [0.15, 0.2) is 0 Å². The fourth-order valence-corrected chi connectivity index (χ4v) is 2.65. The van der Waals surface area contributed by atoms with Crippen LogP contribution in [0.3, 0.4) is 0 Å². The highest BCUT2D eigenvalue weighted by atomic mass is 35.5. The average Bonchev–Trinajstić information content (AvgIpc) is 2.55. The second-order valence-corrected chi connectivity index (χ2v) is 6.17. The Hall–Kier alpha value is -2.67. The van der Waals surface area contributed by atoms with Crippen molar-refractivity contribution >= 4 is 23.6 Å². The molecule has 1 unspecified atom stereocenters.